The van der Waals surface area contributed by atoms with Gasteiger partial charge in [-0.25, -0.2) is 9.48 Å². The maximum absolute atomic E-state index is 12.7. The molecule has 0 radical (unpaired) electrons. The second kappa shape index (κ2) is 10.3. The highest BCUT2D eigenvalue weighted by molar-refractivity contribution is 5.94. The summed E-state index contributed by atoms with van der Waals surface area (Å²) in [6, 6.07) is 17.2. The molecule has 0 fully saturated rings. The molecule has 0 aliphatic rings. The van der Waals surface area contributed by atoms with Crippen LogP contribution in [0.15, 0.2) is 54.6 Å². The van der Waals surface area contributed by atoms with Crippen molar-refractivity contribution in [2.24, 2.45) is 5.92 Å². The zero-order valence-electron chi connectivity index (χ0n) is 19.5. The predicted molar refractivity (Wildman–Crippen MR) is 126 cm³/mol. The molecule has 0 spiro atoms. The molecular weight excluding hydrogens is 402 g/mol. The van der Waals surface area contributed by atoms with E-state index in [0.717, 1.165) is 23.4 Å². The molecule has 1 heterocycles. The number of rotatable bonds is 8. The molecule has 168 valence electrons. The summed E-state index contributed by atoms with van der Waals surface area (Å²) in [7, 11) is 1.81. The van der Waals surface area contributed by atoms with Gasteiger partial charge >= 0.3 is 5.97 Å². The van der Waals surface area contributed by atoms with Crippen LogP contribution in [-0.4, -0.2) is 46.8 Å². The Morgan fingerprint density at radius 2 is 1.69 bits per heavy atom. The SMILES string of the molecule is CCOC(=O)c1cc(-c2ccc(CC)cc2)n(-c2ccc(C(=O)N(C)CC(C)C)cc2)n1. The van der Waals surface area contributed by atoms with E-state index < -0.39 is 5.97 Å². The number of aryl methyl sites for hydroxylation is 1. The number of hydrogen-bond donors (Lipinski definition) is 0. The van der Waals surface area contributed by atoms with Crippen molar-refractivity contribution in [3.8, 4) is 16.9 Å². The van der Waals surface area contributed by atoms with Crippen molar-refractivity contribution >= 4 is 11.9 Å². The Morgan fingerprint density at radius 1 is 1.03 bits per heavy atom. The highest BCUT2D eigenvalue weighted by Crippen LogP contribution is 2.25. The zero-order chi connectivity index (χ0) is 23.3. The number of hydrogen-bond acceptors (Lipinski definition) is 4. The molecule has 0 saturated carbocycles. The zero-order valence-corrected chi connectivity index (χ0v) is 19.5. The van der Waals surface area contributed by atoms with E-state index in [9.17, 15) is 9.59 Å². The Kier molecular flexibility index (Phi) is 7.46. The van der Waals surface area contributed by atoms with Gasteiger partial charge in [0, 0.05) is 24.7 Å². The lowest BCUT2D eigenvalue weighted by molar-refractivity contribution is 0.0518. The second-order valence-electron chi connectivity index (χ2n) is 8.22. The monoisotopic (exact) mass is 433 g/mol. The summed E-state index contributed by atoms with van der Waals surface area (Å²) in [5.74, 6) is -0.0802. The Hall–Kier alpha value is -3.41. The standard InChI is InChI=1S/C26H31N3O3/c1-6-19-8-10-20(11-9-19)24-16-23(26(31)32-7-2)27-29(24)22-14-12-21(13-15-22)25(30)28(5)17-18(3)4/h8-16,18H,6-7,17H2,1-5H3. The van der Waals surface area contributed by atoms with E-state index in [4.69, 9.17) is 4.74 Å². The first-order valence-electron chi connectivity index (χ1n) is 11.1. The first-order valence-corrected chi connectivity index (χ1v) is 11.1. The summed E-state index contributed by atoms with van der Waals surface area (Å²) >= 11 is 0. The lowest BCUT2D eigenvalue weighted by Gasteiger charge is -2.19. The van der Waals surface area contributed by atoms with Crippen molar-refractivity contribution in [1.82, 2.24) is 14.7 Å². The van der Waals surface area contributed by atoms with E-state index >= 15 is 0 Å². The van der Waals surface area contributed by atoms with Crippen LogP contribution in [-0.2, 0) is 11.2 Å². The molecule has 32 heavy (non-hydrogen) atoms. The Balaban J connectivity index is 1.98. The smallest absolute Gasteiger partial charge is 0.358 e. The van der Waals surface area contributed by atoms with Crippen molar-refractivity contribution in [3.05, 3.63) is 71.4 Å². The highest BCUT2D eigenvalue weighted by atomic mass is 16.5. The van der Waals surface area contributed by atoms with Crippen LogP contribution in [0.2, 0.25) is 0 Å². The highest BCUT2D eigenvalue weighted by Gasteiger charge is 2.19. The molecule has 0 N–H and O–H groups in total. The van der Waals surface area contributed by atoms with E-state index in [1.807, 2.05) is 31.3 Å². The van der Waals surface area contributed by atoms with Gasteiger partial charge in [0.2, 0.25) is 0 Å². The molecule has 6 nitrogen and oxygen atoms in total. The number of esters is 1. The normalized spacial score (nSPS) is 10.9. The minimum absolute atomic E-state index is 0.0201. The fraction of sp³-hybridized carbons (Fsp3) is 0.346. The molecule has 2 aromatic carbocycles. The fourth-order valence-electron chi connectivity index (χ4n) is 3.60. The van der Waals surface area contributed by atoms with Crippen molar-refractivity contribution in [1.29, 1.82) is 0 Å². The van der Waals surface area contributed by atoms with Crippen LogP contribution < -0.4 is 0 Å². The molecule has 0 bridgehead atoms. The van der Waals surface area contributed by atoms with Gasteiger partial charge in [0.15, 0.2) is 5.69 Å². The van der Waals surface area contributed by atoms with E-state index in [2.05, 4.69) is 38.0 Å². The maximum atomic E-state index is 12.7. The fourth-order valence-corrected chi connectivity index (χ4v) is 3.60. The summed E-state index contributed by atoms with van der Waals surface area (Å²) in [5.41, 5.74) is 4.59. The van der Waals surface area contributed by atoms with Gasteiger partial charge in [0.1, 0.15) is 0 Å². The van der Waals surface area contributed by atoms with Gasteiger partial charge in [-0.05, 0) is 55.2 Å². The number of amides is 1. The topological polar surface area (TPSA) is 64.4 Å². The Labute approximate surface area is 189 Å². The van der Waals surface area contributed by atoms with Crippen LogP contribution in [0.5, 0.6) is 0 Å². The van der Waals surface area contributed by atoms with Crippen LogP contribution >= 0.6 is 0 Å². The van der Waals surface area contributed by atoms with Crippen molar-refractivity contribution in [2.75, 3.05) is 20.2 Å². The minimum atomic E-state index is -0.459. The molecule has 3 rings (SSSR count). The van der Waals surface area contributed by atoms with Gasteiger partial charge in [0.25, 0.3) is 5.91 Å². The van der Waals surface area contributed by atoms with Crippen molar-refractivity contribution in [2.45, 2.75) is 34.1 Å². The molecule has 0 aliphatic carbocycles. The first kappa shape index (κ1) is 23.3. The van der Waals surface area contributed by atoms with Crippen molar-refractivity contribution in [3.63, 3.8) is 0 Å². The number of benzene rings is 2. The molecule has 3 aromatic rings. The number of nitrogens with zero attached hydrogens (tertiary/aromatic N) is 3. The van der Waals surface area contributed by atoms with Crippen LogP contribution in [0.3, 0.4) is 0 Å². The third kappa shape index (κ3) is 5.25. The number of ether oxygens (including phenoxy) is 1. The summed E-state index contributed by atoms with van der Waals surface area (Å²) in [6.45, 7) is 9.03. The molecule has 1 aromatic heterocycles. The Morgan fingerprint density at radius 3 is 2.25 bits per heavy atom. The molecule has 0 saturated heterocycles. The lowest BCUT2D eigenvalue weighted by atomic mass is 10.1. The lowest BCUT2D eigenvalue weighted by Crippen LogP contribution is -2.30. The largest absolute Gasteiger partial charge is 0.461 e. The van der Waals surface area contributed by atoms with Gasteiger partial charge in [-0.3, -0.25) is 4.79 Å². The van der Waals surface area contributed by atoms with E-state index in [0.29, 0.717) is 18.0 Å². The van der Waals surface area contributed by atoms with Gasteiger partial charge in [-0.1, -0.05) is 45.0 Å². The third-order valence-electron chi connectivity index (χ3n) is 5.20. The van der Waals surface area contributed by atoms with E-state index in [1.165, 1.54) is 5.56 Å². The summed E-state index contributed by atoms with van der Waals surface area (Å²) in [5, 5.41) is 4.51. The average molecular weight is 434 g/mol. The van der Waals surface area contributed by atoms with Gasteiger partial charge in [-0.15, -0.1) is 0 Å². The van der Waals surface area contributed by atoms with E-state index in [-0.39, 0.29) is 18.2 Å². The summed E-state index contributed by atoms with van der Waals surface area (Å²) in [4.78, 5) is 26.7. The van der Waals surface area contributed by atoms with Crippen LogP contribution in [0.4, 0.5) is 0 Å². The predicted octanol–water partition coefficient (Wildman–Crippen LogP) is 5.01. The molecule has 0 aliphatic heterocycles. The Bertz CT molecular complexity index is 1070. The summed E-state index contributed by atoms with van der Waals surface area (Å²) < 4.78 is 6.87. The van der Waals surface area contributed by atoms with Crippen LogP contribution in [0.1, 0.15) is 54.1 Å². The van der Waals surface area contributed by atoms with Gasteiger partial charge in [-0.2, -0.15) is 5.10 Å². The van der Waals surface area contributed by atoms with E-state index in [1.54, 1.807) is 34.7 Å². The molecule has 6 heteroatoms. The number of carbonyl (C=O) groups is 2. The molecular formula is C26H31N3O3. The maximum Gasteiger partial charge on any atom is 0.358 e. The van der Waals surface area contributed by atoms with Gasteiger partial charge < -0.3 is 9.64 Å². The van der Waals surface area contributed by atoms with Crippen molar-refractivity contribution < 1.29 is 14.3 Å². The number of aromatic nitrogens is 2. The molecule has 0 unspecified atom stereocenters. The van der Waals surface area contributed by atoms with Crippen LogP contribution in [0, 0.1) is 5.92 Å². The number of carbonyl (C=O) groups excluding carboxylic acids is 2. The molecule has 1 amide bonds. The second-order valence-corrected chi connectivity index (χ2v) is 8.22. The van der Waals surface area contributed by atoms with Gasteiger partial charge in [0.05, 0.1) is 18.0 Å². The first-order chi connectivity index (χ1) is 15.3. The average Bonchev–Trinajstić information content (AvgIpc) is 3.24. The molecule has 0 atom stereocenters. The quantitative estimate of drug-likeness (QED) is 0.469. The summed E-state index contributed by atoms with van der Waals surface area (Å²) in [6.07, 6.45) is 0.953. The minimum Gasteiger partial charge on any atom is -0.461 e. The van der Waals surface area contributed by atoms with Crippen LogP contribution in [0.25, 0.3) is 16.9 Å². The third-order valence-corrected chi connectivity index (χ3v) is 5.20.